The number of nitrogens with one attached hydrogen (secondary N) is 2. The van der Waals surface area contributed by atoms with Crippen LogP contribution in [0.3, 0.4) is 0 Å². The van der Waals surface area contributed by atoms with Gasteiger partial charge < -0.3 is 14.4 Å². The molecule has 2 aromatic carbocycles. The number of alkyl carbamates (subject to hydrolysis) is 1. The first-order chi connectivity index (χ1) is 18.6. The first-order valence-electron chi connectivity index (χ1n) is 12.9. The molecule has 0 fully saturated rings. The number of tetrazole rings is 1. The fourth-order valence-corrected chi connectivity index (χ4v) is 3.99. The molecule has 0 bridgehead atoms. The summed E-state index contributed by atoms with van der Waals surface area (Å²) in [7, 11) is 1.17. The van der Waals surface area contributed by atoms with E-state index in [4.69, 9.17) is 9.47 Å². The highest BCUT2D eigenvalue weighted by atomic mass is 16.6. The number of hydrogen-bond donors (Lipinski definition) is 2. The number of rotatable bonds is 11. The molecule has 39 heavy (non-hydrogen) atoms. The number of H-pyrrole nitrogens is 1. The largest absolute Gasteiger partial charge is 0.467 e. The first-order valence-corrected chi connectivity index (χ1v) is 12.9. The second-order valence-corrected chi connectivity index (χ2v) is 10.1. The summed E-state index contributed by atoms with van der Waals surface area (Å²) in [5, 5.41) is 16.5. The highest BCUT2D eigenvalue weighted by molar-refractivity contribution is 6.04. The average molecular weight is 537 g/mol. The minimum absolute atomic E-state index is 0.250. The molecule has 0 aliphatic carbocycles. The zero-order valence-corrected chi connectivity index (χ0v) is 23.1. The molecule has 208 valence electrons. The van der Waals surface area contributed by atoms with Crippen LogP contribution in [0.1, 0.15) is 52.5 Å². The van der Waals surface area contributed by atoms with E-state index in [1.54, 1.807) is 25.7 Å². The Morgan fingerprint density at radius 1 is 1.03 bits per heavy atom. The molecule has 0 radical (unpaired) electrons. The van der Waals surface area contributed by atoms with Gasteiger partial charge in [-0.15, -0.1) is 5.10 Å². The van der Waals surface area contributed by atoms with E-state index in [0.717, 1.165) is 41.5 Å². The van der Waals surface area contributed by atoms with E-state index in [9.17, 15) is 14.4 Å². The van der Waals surface area contributed by atoms with Crippen LogP contribution in [0.2, 0.25) is 0 Å². The van der Waals surface area contributed by atoms with Crippen LogP contribution < -0.4 is 5.32 Å². The van der Waals surface area contributed by atoms with Crippen molar-refractivity contribution >= 4 is 18.0 Å². The molecule has 2 N–H and O–H groups in total. The minimum Gasteiger partial charge on any atom is -0.467 e. The maximum absolute atomic E-state index is 13.5. The number of amides is 2. The minimum atomic E-state index is -1.52. The zero-order valence-electron chi connectivity index (χ0n) is 23.1. The van der Waals surface area contributed by atoms with Crippen LogP contribution in [0.15, 0.2) is 48.5 Å². The molecule has 0 aliphatic rings. The van der Waals surface area contributed by atoms with Crippen molar-refractivity contribution in [3.05, 3.63) is 54.1 Å². The zero-order chi connectivity index (χ0) is 28.4. The molecule has 0 aliphatic heterocycles. The fourth-order valence-electron chi connectivity index (χ4n) is 3.99. The number of hydrogen-bond acceptors (Lipinski definition) is 8. The van der Waals surface area contributed by atoms with Crippen molar-refractivity contribution in [2.24, 2.45) is 0 Å². The molecule has 0 saturated carbocycles. The number of benzene rings is 2. The van der Waals surface area contributed by atoms with Crippen molar-refractivity contribution in [2.75, 3.05) is 13.7 Å². The highest BCUT2D eigenvalue weighted by Crippen LogP contribution is 2.30. The standard InChI is InChI=1S/C28H36N6O5/c1-6-7-10-17-34(25(35)23(26(36)38-5)29-27(37)39-28(2,3)4)18-19-13-15-20(16-14-19)21-11-8-9-12-22(21)24-30-32-33-31-24/h8-9,11-16,23H,6-7,10,17-18H2,1-5H3,(H,29,37)(H,30,31,32,33). The van der Waals surface area contributed by atoms with Crippen LogP contribution in [0.5, 0.6) is 0 Å². The summed E-state index contributed by atoms with van der Waals surface area (Å²) in [6, 6.07) is 14.0. The van der Waals surface area contributed by atoms with Gasteiger partial charge in [-0.2, -0.15) is 0 Å². The van der Waals surface area contributed by atoms with Gasteiger partial charge in [0.15, 0.2) is 5.82 Å². The number of carbonyl (C=O) groups excluding carboxylic acids is 3. The Kier molecular flexibility index (Phi) is 10.1. The quantitative estimate of drug-likeness (QED) is 0.212. The van der Waals surface area contributed by atoms with Gasteiger partial charge in [-0.25, -0.2) is 14.7 Å². The first kappa shape index (κ1) is 29.3. The summed E-state index contributed by atoms with van der Waals surface area (Å²) in [5.41, 5.74) is 2.84. The molecular formula is C28H36N6O5. The lowest BCUT2D eigenvalue weighted by Gasteiger charge is -2.28. The topological polar surface area (TPSA) is 139 Å². The molecule has 2 amide bonds. The molecule has 11 heteroatoms. The summed E-state index contributed by atoms with van der Waals surface area (Å²) in [4.78, 5) is 40.0. The smallest absolute Gasteiger partial charge is 0.408 e. The molecule has 1 atom stereocenters. The normalized spacial score (nSPS) is 11.9. The summed E-state index contributed by atoms with van der Waals surface area (Å²) >= 11 is 0. The molecular weight excluding hydrogens is 500 g/mol. The van der Waals surface area contributed by atoms with Crippen molar-refractivity contribution < 1.29 is 23.9 Å². The molecule has 0 spiro atoms. The number of esters is 1. The Balaban J connectivity index is 1.82. The number of carbonyl (C=O) groups is 3. The Morgan fingerprint density at radius 3 is 2.31 bits per heavy atom. The number of unbranched alkanes of at least 4 members (excludes halogenated alkanes) is 2. The number of aromatic amines is 1. The third-order valence-corrected chi connectivity index (χ3v) is 5.85. The molecule has 3 rings (SSSR count). The van der Waals surface area contributed by atoms with E-state index in [-0.39, 0.29) is 6.54 Å². The summed E-state index contributed by atoms with van der Waals surface area (Å²) in [6.07, 6.45) is 1.76. The summed E-state index contributed by atoms with van der Waals surface area (Å²) in [6.45, 7) is 7.83. The van der Waals surface area contributed by atoms with E-state index in [1.807, 2.05) is 48.5 Å². The number of nitrogens with zero attached hydrogens (tertiary/aromatic N) is 4. The Hall–Kier alpha value is -4.28. The Morgan fingerprint density at radius 2 is 1.72 bits per heavy atom. The van der Waals surface area contributed by atoms with E-state index >= 15 is 0 Å². The van der Waals surface area contributed by atoms with Crippen LogP contribution in [-0.4, -0.2) is 68.8 Å². The second-order valence-electron chi connectivity index (χ2n) is 10.1. The van der Waals surface area contributed by atoms with Crippen LogP contribution in [-0.2, 0) is 25.6 Å². The van der Waals surface area contributed by atoms with Crippen molar-refractivity contribution in [2.45, 2.75) is 65.1 Å². The molecule has 1 heterocycles. The van der Waals surface area contributed by atoms with Gasteiger partial charge >= 0.3 is 12.1 Å². The number of aromatic nitrogens is 4. The van der Waals surface area contributed by atoms with Gasteiger partial charge in [-0.05, 0) is 54.3 Å². The van der Waals surface area contributed by atoms with E-state index in [0.29, 0.717) is 12.4 Å². The average Bonchev–Trinajstić information content (AvgIpc) is 3.45. The van der Waals surface area contributed by atoms with Gasteiger partial charge in [0.25, 0.3) is 5.91 Å². The third kappa shape index (κ3) is 8.36. The van der Waals surface area contributed by atoms with Crippen LogP contribution >= 0.6 is 0 Å². The monoisotopic (exact) mass is 536 g/mol. The van der Waals surface area contributed by atoms with Crippen molar-refractivity contribution in [3.8, 4) is 22.5 Å². The predicted molar refractivity (Wildman–Crippen MR) is 145 cm³/mol. The SMILES string of the molecule is CCCCCN(Cc1ccc(-c2ccccc2-c2nnn[nH]2)cc1)C(=O)C(NC(=O)OC(C)(C)C)C(=O)OC. The summed E-state index contributed by atoms with van der Waals surface area (Å²) in [5.74, 6) is -0.857. The number of ether oxygens (including phenoxy) is 2. The molecule has 0 saturated heterocycles. The van der Waals surface area contributed by atoms with Gasteiger partial charge in [-0.1, -0.05) is 68.3 Å². The van der Waals surface area contributed by atoms with Gasteiger partial charge in [0.1, 0.15) is 5.60 Å². The highest BCUT2D eigenvalue weighted by Gasteiger charge is 2.34. The molecule has 3 aromatic rings. The van der Waals surface area contributed by atoms with Gasteiger partial charge in [0, 0.05) is 18.7 Å². The predicted octanol–water partition coefficient (Wildman–Crippen LogP) is 4.12. The van der Waals surface area contributed by atoms with E-state index < -0.39 is 29.6 Å². The maximum atomic E-state index is 13.5. The third-order valence-electron chi connectivity index (χ3n) is 5.85. The fraction of sp³-hybridized carbons (Fsp3) is 0.429. The molecule has 1 aromatic heterocycles. The van der Waals surface area contributed by atoms with Gasteiger partial charge in [0.2, 0.25) is 6.04 Å². The Bertz CT molecular complexity index is 1240. The summed E-state index contributed by atoms with van der Waals surface area (Å²) < 4.78 is 10.1. The number of methoxy groups -OCH3 is 1. The van der Waals surface area contributed by atoms with Crippen molar-refractivity contribution in [1.29, 1.82) is 0 Å². The second kappa shape index (κ2) is 13.5. The van der Waals surface area contributed by atoms with Crippen molar-refractivity contribution in [3.63, 3.8) is 0 Å². The van der Waals surface area contributed by atoms with Crippen LogP contribution in [0, 0.1) is 0 Å². The Labute approximate surface area is 228 Å². The van der Waals surface area contributed by atoms with Crippen LogP contribution in [0.25, 0.3) is 22.5 Å². The van der Waals surface area contributed by atoms with Crippen molar-refractivity contribution in [1.82, 2.24) is 30.8 Å². The van der Waals surface area contributed by atoms with Crippen LogP contribution in [0.4, 0.5) is 4.79 Å². The lowest BCUT2D eigenvalue weighted by Crippen LogP contribution is -2.54. The van der Waals surface area contributed by atoms with Gasteiger partial charge in [-0.3, -0.25) is 10.1 Å². The lowest BCUT2D eigenvalue weighted by molar-refractivity contribution is -0.150. The molecule has 11 nitrogen and oxygen atoms in total. The van der Waals surface area contributed by atoms with E-state index in [1.165, 1.54) is 7.11 Å². The van der Waals surface area contributed by atoms with E-state index in [2.05, 4.69) is 32.9 Å². The lowest BCUT2D eigenvalue weighted by atomic mass is 9.98. The van der Waals surface area contributed by atoms with Gasteiger partial charge in [0.05, 0.1) is 7.11 Å². The maximum Gasteiger partial charge on any atom is 0.408 e. The molecule has 1 unspecified atom stereocenters.